The van der Waals surface area contributed by atoms with Crippen LogP contribution in [0.5, 0.6) is 0 Å². The van der Waals surface area contributed by atoms with Gasteiger partial charge in [0.2, 0.25) is 6.29 Å². The zero-order chi connectivity index (χ0) is 15.5. The number of amides is 1. The lowest BCUT2D eigenvalue weighted by Crippen LogP contribution is -2.12. The Morgan fingerprint density at radius 1 is 1.05 bits per heavy atom. The van der Waals surface area contributed by atoms with Crippen LogP contribution >= 0.6 is 11.3 Å². The average molecular weight is 309 g/mol. The summed E-state index contributed by atoms with van der Waals surface area (Å²) in [6.45, 7) is 0. The van der Waals surface area contributed by atoms with Crippen molar-refractivity contribution in [2.45, 2.75) is 0 Å². The van der Waals surface area contributed by atoms with Gasteiger partial charge in [-0.05, 0) is 23.8 Å². The lowest BCUT2D eigenvalue weighted by atomic mass is 10.1. The fourth-order valence-electron chi connectivity index (χ4n) is 2.15. The number of aldehydes is 1. The van der Waals surface area contributed by atoms with Crippen molar-refractivity contribution in [2.75, 3.05) is 5.32 Å². The van der Waals surface area contributed by atoms with Crippen LogP contribution in [0.3, 0.4) is 0 Å². The van der Waals surface area contributed by atoms with Gasteiger partial charge in [0.25, 0.3) is 5.91 Å². The molecule has 0 aliphatic rings. The van der Waals surface area contributed by atoms with Gasteiger partial charge < -0.3 is 5.32 Å². The number of rotatable bonds is 3. The second-order valence-corrected chi connectivity index (χ2v) is 5.74. The summed E-state index contributed by atoms with van der Waals surface area (Å²) in [6.07, 6.45) is 0.198. The topological polar surface area (TPSA) is 63.2 Å². The molecular weight excluding hydrogens is 298 g/mol. The van der Waals surface area contributed by atoms with Gasteiger partial charge in [-0.2, -0.15) is 0 Å². The highest BCUT2D eigenvalue weighted by molar-refractivity contribution is 7.21. The third kappa shape index (κ3) is 2.80. The molecule has 3 rings (SSSR count). The van der Waals surface area contributed by atoms with Crippen LogP contribution in [-0.4, -0.2) is 12.2 Å². The maximum atomic E-state index is 12.3. The maximum Gasteiger partial charge on any atom is 0.288 e. The van der Waals surface area contributed by atoms with E-state index in [1.165, 1.54) is 11.3 Å². The van der Waals surface area contributed by atoms with Gasteiger partial charge in [-0.15, -0.1) is 11.3 Å². The van der Waals surface area contributed by atoms with Crippen LogP contribution in [0.25, 0.3) is 20.5 Å². The Bertz CT molecular complexity index is 916. The highest BCUT2D eigenvalue weighted by Crippen LogP contribution is 2.29. The molecule has 1 N–H and O–H groups in total. The number of fused-ring (bicyclic) bond motifs is 1. The molecule has 3 aromatic rings. The van der Waals surface area contributed by atoms with E-state index in [0.29, 0.717) is 11.1 Å². The zero-order valence-electron chi connectivity index (χ0n) is 11.4. The van der Waals surface area contributed by atoms with E-state index >= 15 is 0 Å². The molecule has 0 aliphatic carbocycles. The molecule has 0 saturated carbocycles. The number of hydrogen-bond acceptors (Lipinski definition) is 4. The molecule has 1 heterocycles. The Labute approximate surface area is 130 Å². The van der Waals surface area contributed by atoms with Gasteiger partial charge in [-0.3, -0.25) is 14.4 Å². The van der Waals surface area contributed by atoms with Crippen molar-refractivity contribution in [1.82, 2.24) is 0 Å². The third-order valence-electron chi connectivity index (χ3n) is 3.16. The number of carbonyl (C=O) groups excluding carboxylic acids is 2. The van der Waals surface area contributed by atoms with Crippen molar-refractivity contribution in [3.63, 3.8) is 0 Å². The molecule has 0 spiro atoms. The molecule has 0 bridgehead atoms. The molecule has 22 heavy (non-hydrogen) atoms. The van der Waals surface area contributed by atoms with E-state index in [9.17, 15) is 14.4 Å². The Morgan fingerprint density at radius 3 is 2.55 bits per heavy atom. The summed E-state index contributed by atoms with van der Waals surface area (Å²) in [7, 11) is 0. The van der Waals surface area contributed by atoms with Crippen LogP contribution in [0.1, 0.15) is 0 Å². The van der Waals surface area contributed by atoms with E-state index in [0.717, 1.165) is 15.1 Å². The smallest absolute Gasteiger partial charge is 0.288 e. The van der Waals surface area contributed by atoms with Crippen LogP contribution in [0, 0.1) is 0 Å². The second-order valence-electron chi connectivity index (χ2n) is 4.66. The summed E-state index contributed by atoms with van der Waals surface area (Å²) < 4.78 is 0.829. The normalized spacial score (nSPS) is 10.4. The fraction of sp³-hybridized carbons (Fsp3) is 0. The van der Waals surface area contributed by atoms with Crippen LogP contribution in [0.4, 0.5) is 5.69 Å². The molecule has 108 valence electrons. The van der Waals surface area contributed by atoms with Gasteiger partial charge in [-0.25, -0.2) is 0 Å². The minimum absolute atomic E-state index is 0.116. The van der Waals surface area contributed by atoms with Crippen molar-refractivity contribution >= 4 is 39.3 Å². The number of nitrogens with one attached hydrogen (secondary N) is 1. The SMILES string of the molecule is O=CC(=O)Nc1ccc2sc(-c3ccccc3)cc(=O)c2c1. The van der Waals surface area contributed by atoms with Crippen LogP contribution in [0.2, 0.25) is 0 Å². The summed E-state index contributed by atoms with van der Waals surface area (Å²) in [5, 5.41) is 2.94. The number of hydrogen-bond donors (Lipinski definition) is 1. The average Bonchev–Trinajstić information content (AvgIpc) is 2.56. The Hall–Kier alpha value is -2.79. The molecule has 2 aromatic carbocycles. The Morgan fingerprint density at radius 2 is 1.82 bits per heavy atom. The minimum atomic E-state index is -0.739. The first-order valence-corrected chi connectivity index (χ1v) is 7.38. The zero-order valence-corrected chi connectivity index (χ0v) is 12.2. The fourth-order valence-corrected chi connectivity index (χ4v) is 3.21. The number of benzene rings is 2. The molecule has 0 radical (unpaired) electrons. The van der Waals surface area contributed by atoms with Crippen LogP contribution in [-0.2, 0) is 9.59 Å². The summed E-state index contributed by atoms with van der Waals surface area (Å²) >= 11 is 1.51. The molecule has 5 heteroatoms. The summed E-state index contributed by atoms with van der Waals surface area (Å²) in [5.74, 6) is -0.739. The molecule has 0 unspecified atom stereocenters. The molecule has 1 aromatic heterocycles. The first kappa shape index (κ1) is 14.2. The molecule has 4 nitrogen and oxygen atoms in total. The third-order valence-corrected chi connectivity index (χ3v) is 4.31. The molecule has 0 atom stereocenters. The van der Waals surface area contributed by atoms with E-state index in [1.54, 1.807) is 24.3 Å². The molecule has 0 saturated heterocycles. The molecular formula is C17H11NO3S. The maximum absolute atomic E-state index is 12.3. The predicted molar refractivity (Wildman–Crippen MR) is 88.2 cm³/mol. The second kappa shape index (κ2) is 5.91. The predicted octanol–water partition coefficient (Wildman–Crippen LogP) is 3.07. The van der Waals surface area contributed by atoms with E-state index in [-0.39, 0.29) is 11.7 Å². The highest BCUT2D eigenvalue weighted by atomic mass is 32.1. The van der Waals surface area contributed by atoms with E-state index in [4.69, 9.17) is 0 Å². The monoisotopic (exact) mass is 309 g/mol. The van der Waals surface area contributed by atoms with Gasteiger partial charge in [0.15, 0.2) is 5.43 Å². The van der Waals surface area contributed by atoms with Crippen molar-refractivity contribution in [2.24, 2.45) is 0 Å². The molecule has 0 aliphatic heterocycles. The van der Waals surface area contributed by atoms with Crippen LogP contribution < -0.4 is 10.7 Å². The van der Waals surface area contributed by atoms with E-state index < -0.39 is 5.91 Å². The van der Waals surface area contributed by atoms with Gasteiger partial charge in [0.05, 0.1) is 0 Å². The Balaban J connectivity index is 2.09. The number of carbonyl (C=O) groups is 2. The number of anilines is 1. The van der Waals surface area contributed by atoms with Crippen molar-refractivity contribution < 1.29 is 9.59 Å². The van der Waals surface area contributed by atoms with Gasteiger partial charge in [-0.1, -0.05) is 30.3 Å². The van der Waals surface area contributed by atoms with Crippen molar-refractivity contribution in [1.29, 1.82) is 0 Å². The summed E-state index contributed by atoms with van der Waals surface area (Å²) in [5.41, 5.74) is 1.31. The van der Waals surface area contributed by atoms with E-state index in [2.05, 4.69) is 5.32 Å². The summed E-state index contributed by atoms with van der Waals surface area (Å²) in [6, 6.07) is 16.3. The largest absolute Gasteiger partial charge is 0.320 e. The minimum Gasteiger partial charge on any atom is -0.320 e. The first-order valence-electron chi connectivity index (χ1n) is 6.57. The van der Waals surface area contributed by atoms with Gasteiger partial charge >= 0.3 is 0 Å². The Kier molecular flexibility index (Phi) is 3.80. The molecule has 0 fully saturated rings. The molecule has 1 amide bonds. The van der Waals surface area contributed by atoms with E-state index in [1.807, 2.05) is 30.3 Å². The van der Waals surface area contributed by atoms with Crippen molar-refractivity contribution in [3.8, 4) is 10.4 Å². The summed E-state index contributed by atoms with van der Waals surface area (Å²) in [4.78, 5) is 34.7. The lowest BCUT2D eigenvalue weighted by molar-refractivity contribution is -0.127. The first-order chi connectivity index (χ1) is 10.7. The van der Waals surface area contributed by atoms with Crippen molar-refractivity contribution in [3.05, 3.63) is 64.8 Å². The van der Waals surface area contributed by atoms with Gasteiger partial charge in [0.1, 0.15) is 0 Å². The lowest BCUT2D eigenvalue weighted by Gasteiger charge is -2.05. The highest BCUT2D eigenvalue weighted by Gasteiger charge is 2.07. The van der Waals surface area contributed by atoms with Crippen LogP contribution in [0.15, 0.2) is 59.4 Å². The quantitative estimate of drug-likeness (QED) is 0.597. The van der Waals surface area contributed by atoms with Gasteiger partial charge in [0, 0.05) is 26.7 Å². The standard InChI is InChI=1S/C17H11NO3S/c19-10-17(21)18-12-6-7-15-13(8-12)14(20)9-16(22-15)11-4-2-1-3-5-11/h1-10H,(H,18,21).